The quantitative estimate of drug-likeness (QED) is 0.517. The van der Waals surface area contributed by atoms with Crippen LogP contribution in [0.25, 0.3) is 22.0 Å². The van der Waals surface area contributed by atoms with Crippen LogP contribution >= 0.6 is 23.2 Å². The normalized spacial score (nSPS) is 15.4. The van der Waals surface area contributed by atoms with Gasteiger partial charge < -0.3 is 19.7 Å². The molecule has 0 bridgehead atoms. The predicted octanol–water partition coefficient (Wildman–Crippen LogP) is 4.35. The Hall–Kier alpha value is -2.12. The predicted molar refractivity (Wildman–Crippen MR) is 134 cm³/mol. The van der Waals surface area contributed by atoms with Crippen LogP contribution in [0.15, 0.2) is 41.3 Å². The molecule has 170 valence electrons. The summed E-state index contributed by atoms with van der Waals surface area (Å²) < 4.78 is 1.63. The number of aryl methyl sites for hydroxylation is 1. The summed E-state index contributed by atoms with van der Waals surface area (Å²) in [6.45, 7) is 6.62. The fraction of sp³-hybridized carbons (Fsp3) is 0.417. The zero-order chi connectivity index (χ0) is 22.7. The number of anilines is 1. The molecule has 0 spiro atoms. The van der Waals surface area contributed by atoms with E-state index < -0.39 is 0 Å². The van der Waals surface area contributed by atoms with Gasteiger partial charge in [0, 0.05) is 63.0 Å². The lowest BCUT2D eigenvalue weighted by molar-refractivity contribution is 0.152. The number of hydrogen-bond donors (Lipinski definition) is 1. The third-order valence-electron chi connectivity index (χ3n) is 6.14. The summed E-state index contributed by atoms with van der Waals surface area (Å²) in [7, 11) is 3.94. The Balaban J connectivity index is 1.43. The van der Waals surface area contributed by atoms with Crippen LogP contribution in [0, 0.1) is 0 Å². The minimum absolute atomic E-state index is 0.142. The lowest BCUT2D eigenvalue weighted by Gasteiger charge is -2.32. The van der Waals surface area contributed by atoms with Crippen molar-refractivity contribution in [2.45, 2.75) is 12.8 Å². The molecule has 0 atom stereocenters. The van der Waals surface area contributed by atoms with Crippen LogP contribution in [0.2, 0.25) is 10.0 Å². The fourth-order valence-corrected chi connectivity index (χ4v) is 4.74. The number of rotatable bonds is 7. The Kier molecular flexibility index (Phi) is 7.36. The number of halogens is 2. The summed E-state index contributed by atoms with van der Waals surface area (Å²) in [5.74, 6) is 0.774. The number of unbranched alkanes of at least 4 members (excludes halogenated alkanes) is 1. The number of benzene rings is 1. The average Bonchev–Trinajstić information content (AvgIpc) is 2.78. The zero-order valence-corrected chi connectivity index (χ0v) is 20.1. The summed E-state index contributed by atoms with van der Waals surface area (Å²) in [6.07, 6.45) is 4.02. The highest BCUT2D eigenvalue weighted by atomic mass is 35.5. The van der Waals surface area contributed by atoms with Gasteiger partial charge in [-0.15, -0.1) is 0 Å². The highest BCUT2D eigenvalue weighted by Gasteiger charge is 2.16. The Bertz CT molecular complexity index is 1130. The van der Waals surface area contributed by atoms with Gasteiger partial charge in [0.15, 0.2) is 0 Å². The second-order valence-corrected chi connectivity index (χ2v) is 9.24. The zero-order valence-electron chi connectivity index (χ0n) is 18.6. The van der Waals surface area contributed by atoms with Crippen LogP contribution in [0.1, 0.15) is 12.8 Å². The van der Waals surface area contributed by atoms with E-state index in [-0.39, 0.29) is 5.56 Å². The van der Waals surface area contributed by atoms with Gasteiger partial charge in [0.2, 0.25) is 0 Å². The lowest BCUT2D eigenvalue weighted by Crippen LogP contribution is -2.44. The highest BCUT2D eigenvalue weighted by Crippen LogP contribution is 2.34. The first kappa shape index (κ1) is 23.1. The molecule has 0 aliphatic carbocycles. The second-order valence-electron chi connectivity index (χ2n) is 8.43. The molecule has 3 heterocycles. The Labute approximate surface area is 198 Å². The molecule has 6 nitrogen and oxygen atoms in total. The first-order valence-electron chi connectivity index (χ1n) is 11.0. The Morgan fingerprint density at radius 2 is 1.75 bits per heavy atom. The van der Waals surface area contributed by atoms with Crippen molar-refractivity contribution in [2.24, 2.45) is 7.05 Å². The fourth-order valence-electron chi connectivity index (χ4n) is 4.14. The molecule has 8 heteroatoms. The van der Waals surface area contributed by atoms with Gasteiger partial charge in [0.1, 0.15) is 5.82 Å². The van der Waals surface area contributed by atoms with Crippen molar-refractivity contribution in [2.75, 3.05) is 51.6 Å². The molecule has 0 unspecified atom stereocenters. The number of fused-ring (bicyclic) bond motifs is 1. The molecule has 1 aromatic carbocycles. The van der Waals surface area contributed by atoms with E-state index in [0.717, 1.165) is 68.8 Å². The van der Waals surface area contributed by atoms with E-state index in [1.165, 1.54) is 0 Å². The van der Waals surface area contributed by atoms with Gasteiger partial charge in [-0.05, 0) is 44.6 Å². The van der Waals surface area contributed by atoms with E-state index in [0.29, 0.717) is 21.2 Å². The maximum absolute atomic E-state index is 13.1. The van der Waals surface area contributed by atoms with E-state index in [9.17, 15) is 4.79 Å². The SMILES string of the molecule is CN1CCN(CCCCNc2cc3c(cn2)cc(-c2c(Cl)cccc2Cl)c(=O)n3C)CC1. The standard InChI is InChI=1S/C24H29Cl2N5O/c1-29-10-12-31(13-11-29)9-4-3-8-27-22-15-21-17(16-28-22)14-18(24(32)30(21)2)23-19(25)6-5-7-20(23)26/h5-7,14-16H,3-4,8-13H2,1-2H3,(H,27,28). The van der Waals surface area contributed by atoms with Gasteiger partial charge in [0.25, 0.3) is 5.56 Å². The first-order valence-corrected chi connectivity index (χ1v) is 11.8. The van der Waals surface area contributed by atoms with Gasteiger partial charge in [-0.1, -0.05) is 29.3 Å². The molecule has 3 aromatic rings. The Morgan fingerprint density at radius 3 is 2.47 bits per heavy atom. The molecular formula is C24H29Cl2N5O. The number of piperazine rings is 1. The third kappa shape index (κ3) is 5.09. The molecule has 0 amide bonds. The molecule has 0 saturated carbocycles. The molecule has 1 fully saturated rings. The summed E-state index contributed by atoms with van der Waals surface area (Å²) in [5.41, 5.74) is 1.71. The first-order chi connectivity index (χ1) is 15.4. The van der Waals surface area contributed by atoms with Crippen molar-refractivity contribution in [1.82, 2.24) is 19.4 Å². The molecule has 1 aliphatic heterocycles. The van der Waals surface area contributed by atoms with Gasteiger partial charge in [-0.25, -0.2) is 4.98 Å². The van der Waals surface area contributed by atoms with E-state index >= 15 is 0 Å². The lowest BCUT2D eigenvalue weighted by atomic mass is 10.1. The molecule has 4 rings (SSSR count). The highest BCUT2D eigenvalue weighted by molar-refractivity contribution is 6.39. The van der Waals surface area contributed by atoms with Crippen molar-refractivity contribution < 1.29 is 0 Å². The van der Waals surface area contributed by atoms with Crippen molar-refractivity contribution in [3.63, 3.8) is 0 Å². The van der Waals surface area contributed by atoms with Crippen LogP contribution in [-0.4, -0.2) is 65.7 Å². The average molecular weight is 474 g/mol. The number of likely N-dealkylation sites (N-methyl/N-ethyl adjacent to an activating group) is 1. The minimum atomic E-state index is -0.142. The molecular weight excluding hydrogens is 445 g/mol. The number of aromatic nitrogens is 2. The molecule has 1 saturated heterocycles. The van der Waals surface area contributed by atoms with Gasteiger partial charge in [-0.2, -0.15) is 0 Å². The molecule has 1 N–H and O–H groups in total. The minimum Gasteiger partial charge on any atom is -0.370 e. The second kappa shape index (κ2) is 10.2. The van der Waals surface area contributed by atoms with Crippen LogP contribution < -0.4 is 10.9 Å². The molecule has 2 aromatic heterocycles. The van der Waals surface area contributed by atoms with Crippen molar-refractivity contribution in [3.8, 4) is 11.1 Å². The van der Waals surface area contributed by atoms with Gasteiger partial charge in [0.05, 0.1) is 21.1 Å². The molecule has 32 heavy (non-hydrogen) atoms. The van der Waals surface area contributed by atoms with Crippen molar-refractivity contribution in [1.29, 1.82) is 0 Å². The van der Waals surface area contributed by atoms with E-state index in [4.69, 9.17) is 23.2 Å². The maximum atomic E-state index is 13.1. The summed E-state index contributed by atoms with van der Waals surface area (Å²) in [6, 6.07) is 8.99. The van der Waals surface area contributed by atoms with Gasteiger partial charge in [-0.3, -0.25) is 4.79 Å². The number of nitrogens with one attached hydrogen (secondary N) is 1. The maximum Gasteiger partial charge on any atom is 0.258 e. The Morgan fingerprint density at radius 1 is 1.03 bits per heavy atom. The summed E-state index contributed by atoms with van der Waals surface area (Å²) >= 11 is 12.7. The number of pyridine rings is 2. The van der Waals surface area contributed by atoms with Crippen LogP contribution in [-0.2, 0) is 7.05 Å². The number of nitrogens with zero attached hydrogens (tertiary/aromatic N) is 4. The van der Waals surface area contributed by atoms with Gasteiger partial charge >= 0.3 is 0 Å². The van der Waals surface area contributed by atoms with Crippen molar-refractivity contribution >= 4 is 39.9 Å². The summed E-state index contributed by atoms with van der Waals surface area (Å²) in [5, 5.41) is 5.17. The number of hydrogen-bond acceptors (Lipinski definition) is 5. The molecule has 1 aliphatic rings. The van der Waals surface area contributed by atoms with E-state index in [1.54, 1.807) is 36.0 Å². The smallest absolute Gasteiger partial charge is 0.258 e. The van der Waals surface area contributed by atoms with Crippen LogP contribution in [0.5, 0.6) is 0 Å². The summed E-state index contributed by atoms with van der Waals surface area (Å²) in [4.78, 5) is 22.5. The van der Waals surface area contributed by atoms with Crippen LogP contribution in [0.3, 0.4) is 0 Å². The molecule has 0 radical (unpaired) electrons. The monoisotopic (exact) mass is 473 g/mol. The topological polar surface area (TPSA) is 53.4 Å². The van der Waals surface area contributed by atoms with E-state index in [1.807, 2.05) is 12.1 Å². The van der Waals surface area contributed by atoms with Crippen LogP contribution in [0.4, 0.5) is 5.82 Å². The van der Waals surface area contributed by atoms with Crippen molar-refractivity contribution in [3.05, 3.63) is 56.9 Å². The third-order valence-corrected chi connectivity index (χ3v) is 6.77. The largest absolute Gasteiger partial charge is 0.370 e. The van der Waals surface area contributed by atoms with E-state index in [2.05, 4.69) is 27.1 Å².